The van der Waals surface area contributed by atoms with Crippen LogP contribution in [0.4, 0.5) is 0 Å². The standard InChI is InChI=1S/C16H23N/c1-2-17-12-16(10-14-8-15(14)11-16)9-13-6-4-3-5-7-13/h3-7,14-15,17H,2,8-12H2,1H3. The third kappa shape index (κ3) is 2.40. The van der Waals surface area contributed by atoms with Gasteiger partial charge in [0.1, 0.15) is 0 Å². The van der Waals surface area contributed by atoms with Crippen LogP contribution >= 0.6 is 0 Å². The summed E-state index contributed by atoms with van der Waals surface area (Å²) in [5, 5.41) is 3.59. The SMILES string of the molecule is CCNCC1(Cc2ccccc2)CC2CC2C1. The zero-order valence-electron chi connectivity index (χ0n) is 10.8. The van der Waals surface area contributed by atoms with E-state index in [-0.39, 0.29) is 0 Å². The van der Waals surface area contributed by atoms with Crippen LogP contribution in [0.1, 0.15) is 31.7 Å². The molecular weight excluding hydrogens is 206 g/mol. The van der Waals surface area contributed by atoms with E-state index >= 15 is 0 Å². The summed E-state index contributed by atoms with van der Waals surface area (Å²) in [6.07, 6.45) is 5.70. The van der Waals surface area contributed by atoms with Crippen LogP contribution in [-0.4, -0.2) is 13.1 Å². The Hall–Kier alpha value is -0.820. The topological polar surface area (TPSA) is 12.0 Å². The number of benzene rings is 1. The van der Waals surface area contributed by atoms with Gasteiger partial charge in [0.2, 0.25) is 0 Å². The van der Waals surface area contributed by atoms with Gasteiger partial charge in [0.05, 0.1) is 0 Å². The highest BCUT2D eigenvalue weighted by molar-refractivity contribution is 5.19. The van der Waals surface area contributed by atoms with Gasteiger partial charge < -0.3 is 5.32 Å². The lowest BCUT2D eigenvalue weighted by atomic mass is 9.77. The molecule has 1 N–H and O–H groups in total. The van der Waals surface area contributed by atoms with Crippen LogP contribution in [0.3, 0.4) is 0 Å². The number of hydrogen-bond acceptors (Lipinski definition) is 1. The molecule has 0 saturated heterocycles. The van der Waals surface area contributed by atoms with Crippen molar-refractivity contribution >= 4 is 0 Å². The molecule has 1 aromatic rings. The van der Waals surface area contributed by atoms with E-state index in [1.165, 1.54) is 37.8 Å². The first kappa shape index (κ1) is 11.3. The van der Waals surface area contributed by atoms with E-state index in [0.29, 0.717) is 5.41 Å². The van der Waals surface area contributed by atoms with Gasteiger partial charge in [0.25, 0.3) is 0 Å². The Morgan fingerprint density at radius 3 is 2.53 bits per heavy atom. The molecule has 2 atom stereocenters. The van der Waals surface area contributed by atoms with Crippen molar-refractivity contribution < 1.29 is 0 Å². The summed E-state index contributed by atoms with van der Waals surface area (Å²) in [4.78, 5) is 0. The van der Waals surface area contributed by atoms with Crippen LogP contribution in [0.15, 0.2) is 30.3 Å². The van der Waals surface area contributed by atoms with Crippen LogP contribution < -0.4 is 5.32 Å². The predicted molar refractivity (Wildman–Crippen MR) is 72.0 cm³/mol. The second kappa shape index (κ2) is 4.45. The Morgan fingerprint density at radius 1 is 1.18 bits per heavy atom. The van der Waals surface area contributed by atoms with Crippen LogP contribution in [0.25, 0.3) is 0 Å². The quantitative estimate of drug-likeness (QED) is 0.817. The van der Waals surface area contributed by atoms with Crippen molar-refractivity contribution in [3.8, 4) is 0 Å². The van der Waals surface area contributed by atoms with Gasteiger partial charge in [-0.15, -0.1) is 0 Å². The Balaban J connectivity index is 1.71. The molecule has 0 aromatic heterocycles. The third-order valence-electron chi connectivity index (χ3n) is 4.63. The van der Waals surface area contributed by atoms with Gasteiger partial charge >= 0.3 is 0 Å². The Bertz CT molecular complexity index is 360. The molecule has 2 aliphatic carbocycles. The lowest BCUT2D eigenvalue weighted by Crippen LogP contribution is -2.35. The monoisotopic (exact) mass is 229 g/mol. The molecule has 1 aromatic carbocycles. The van der Waals surface area contributed by atoms with Crippen molar-refractivity contribution in [2.24, 2.45) is 17.3 Å². The van der Waals surface area contributed by atoms with Crippen LogP contribution in [0, 0.1) is 17.3 Å². The molecule has 1 nitrogen and oxygen atoms in total. The first-order valence-electron chi connectivity index (χ1n) is 7.06. The molecule has 0 amide bonds. The van der Waals surface area contributed by atoms with Gasteiger partial charge in [-0.1, -0.05) is 37.3 Å². The van der Waals surface area contributed by atoms with E-state index in [9.17, 15) is 0 Å². The summed E-state index contributed by atoms with van der Waals surface area (Å²) in [6.45, 7) is 4.53. The summed E-state index contributed by atoms with van der Waals surface area (Å²) >= 11 is 0. The van der Waals surface area contributed by atoms with Gasteiger partial charge in [-0.3, -0.25) is 0 Å². The maximum Gasteiger partial charge on any atom is 0.00111 e. The number of hydrogen-bond donors (Lipinski definition) is 1. The number of rotatable bonds is 5. The molecule has 0 spiro atoms. The summed E-state index contributed by atoms with van der Waals surface area (Å²) in [5.74, 6) is 2.13. The molecule has 0 bridgehead atoms. The van der Waals surface area contributed by atoms with E-state index in [0.717, 1.165) is 18.4 Å². The molecule has 0 heterocycles. The van der Waals surface area contributed by atoms with Gasteiger partial charge in [0, 0.05) is 6.54 Å². The fourth-order valence-corrected chi connectivity index (χ4v) is 3.78. The van der Waals surface area contributed by atoms with Gasteiger partial charge in [0.15, 0.2) is 0 Å². The van der Waals surface area contributed by atoms with E-state index in [1.54, 1.807) is 0 Å². The Kier molecular flexibility index (Phi) is 2.96. The summed E-state index contributed by atoms with van der Waals surface area (Å²) < 4.78 is 0. The van der Waals surface area contributed by atoms with Crippen molar-refractivity contribution in [2.75, 3.05) is 13.1 Å². The molecule has 0 aliphatic heterocycles. The molecular formula is C16H23N. The summed E-state index contributed by atoms with van der Waals surface area (Å²) in [5.41, 5.74) is 2.08. The van der Waals surface area contributed by atoms with Crippen molar-refractivity contribution in [2.45, 2.75) is 32.6 Å². The second-order valence-corrected chi connectivity index (χ2v) is 6.11. The molecule has 1 heteroatoms. The van der Waals surface area contributed by atoms with Gasteiger partial charge in [-0.05, 0) is 55.0 Å². The first-order valence-corrected chi connectivity index (χ1v) is 7.06. The largest absolute Gasteiger partial charge is 0.316 e. The summed E-state index contributed by atoms with van der Waals surface area (Å²) in [6, 6.07) is 11.0. The fourth-order valence-electron chi connectivity index (χ4n) is 3.78. The van der Waals surface area contributed by atoms with Crippen molar-refractivity contribution in [3.63, 3.8) is 0 Å². The Labute approximate surface area is 105 Å². The highest BCUT2D eigenvalue weighted by Crippen LogP contribution is 2.60. The minimum atomic E-state index is 0.560. The van der Waals surface area contributed by atoms with E-state index in [4.69, 9.17) is 0 Å². The highest BCUT2D eigenvalue weighted by Gasteiger charge is 2.53. The third-order valence-corrected chi connectivity index (χ3v) is 4.63. The average Bonchev–Trinajstić information content (AvgIpc) is 2.97. The molecule has 92 valence electrons. The second-order valence-electron chi connectivity index (χ2n) is 6.11. The minimum Gasteiger partial charge on any atom is -0.316 e. The van der Waals surface area contributed by atoms with Crippen molar-refractivity contribution in [1.29, 1.82) is 0 Å². The smallest absolute Gasteiger partial charge is 0.00111 e. The van der Waals surface area contributed by atoms with E-state index < -0.39 is 0 Å². The molecule has 2 saturated carbocycles. The molecule has 2 unspecified atom stereocenters. The van der Waals surface area contributed by atoms with Crippen LogP contribution in [0.5, 0.6) is 0 Å². The number of fused-ring (bicyclic) bond motifs is 1. The van der Waals surface area contributed by atoms with Crippen molar-refractivity contribution in [3.05, 3.63) is 35.9 Å². The minimum absolute atomic E-state index is 0.560. The highest BCUT2D eigenvalue weighted by atomic mass is 14.9. The van der Waals surface area contributed by atoms with E-state index in [1.807, 2.05) is 0 Å². The maximum atomic E-state index is 3.59. The molecule has 17 heavy (non-hydrogen) atoms. The normalized spacial score (nSPS) is 34.6. The molecule has 2 fully saturated rings. The molecule has 0 radical (unpaired) electrons. The van der Waals surface area contributed by atoms with Crippen LogP contribution in [-0.2, 0) is 6.42 Å². The number of nitrogens with one attached hydrogen (secondary N) is 1. The van der Waals surface area contributed by atoms with E-state index in [2.05, 4.69) is 42.6 Å². The van der Waals surface area contributed by atoms with Crippen molar-refractivity contribution in [1.82, 2.24) is 5.32 Å². The van der Waals surface area contributed by atoms with Gasteiger partial charge in [-0.25, -0.2) is 0 Å². The average molecular weight is 229 g/mol. The summed E-state index contributed by atoms with van der Waals surface area (Å²) in [7, 11) is 0. The lowest BCUT2D eigenvalue weighted by Gasteiger charge is -2.31. The maximum absolute atomic E-state index is 3.59. The lowest BCUT2D eigenvalue weighted by molar-refractivity contribution is 0.250. The molecule has 2 aliphatic rings. The Morgan fingerprint density at radius 2 is 1.88 bits per heavy atom. The zero-order chi connectivity index (χ0) is 11.7. The van der Waals surface area contributed by atoms with Gasteiger partial charge in [-0.2, -0.15) is 0 Å². The fraction of sp³-hybridized carbons (Fsp3) is 0.625. The molecule has 3 rings (SSSR count). The first-order chi connectivity index (χ1) is 8.31. The predicted octanol–water partition coefficient (Wildman–Crippen LogP) is 3.25. The van der Waals surface area contributed by atoms with Crippen LogP contribution in [0.2, 0.25) is 0 Å². The zero-order valence-corrected chi connectivity index (χ0v) is 10.8.